The summed E-state index contributed by atoms with van der Waals surface area (Å²) < 4.78 is 85.1. The highest BCUT2D eigenvalue weighted by Crippen LogP contribution is 2.37. The van der Waals surface area contributed by atoms with Gasteiger partial charge in [0.05, 0.1) is 22.4 Å². The SMILES string of the molecule is O=C1c2ccccc2C(=O)N1c1ccc(Oc2c(F)cc(C(F)(F)F)cc2F)c(F)c1. The molecule has 1 heterocycles. The van der Waals surface area contributed by atoms with Gasteiger partial charge in [-0.25, -0.2) is 18.1 Å². The Bertz CT molecular complexity index is 1180. The van der Waals surface area contributed by atoms with Crippen molar-refractivity contribution in [3.05, 3.63) is 88.7 Å². The fourth-order valence-electron chi connectivity index (χ4n) is 3.07. The minimum absolute atomic E-state index is 0.0173. The minimum atomic E-state index is -4.99. The normalized spacial score (nSPS) is 13.5. The quantitative estimate of drug-likeness (QED) is 0.389. The maximum absolute atomic E-state index is 14.5. The molecule has 1 aliphatic heterocycles. The largest absolute Gasteiger partial charge is 0.448 e. The Hall–Kier alpha value is -3.82. The van der Waals surface area contributed by atoms with Crippen LogP contribution in [0.25, 0.3) is 0 Å². The number of nitrogens with zero attached hydrogens (tertiary/aromatic N) is 1. The number of fused-ring (bicyclic) bond motifs is 1. The number of imide groups is 1. The van der Waals surface area contributed by atoms with Gasteiger partial charge in [0.1, 0.15) is 0 Å². The maximum atomic E-state index is 14.5. The van der Waals surface area contributed by atoms with Crippen molar-refractivity contribution in [2.75, 3.05) is 4.90 Å². The van der Waals surface area contributed by atoms with E-state index in [-0.39, 0.29) is 28.9 Å². The van der Waals surface area contributed by atoms with Crippen molar-refractivity contribution in [1.29, 1.82) is 0 Å². The van der Waals surface area contributed by atoms with Crippen molar-refractivity contribution >= 4 is 17.5 Å². The van der Waals surface area contributed by atoms with Crippen LogP contribution in [0.15, 0.2) is 54.6 Å². The molecule has 10 heteroatoms. The first-order valence-corrected chi connectivity index (χ1v) is 8.59. The third kappa shape index (κ3) is 3.49. The lowest BCUT2D eigenvalue weighted by Gasteiger charge is -2.16. The molecule has 3 aromatic carbocycles. The number of hydrogen-bond acceptors (Lipinski definition) is 3. The number of anilines is 1. The van der Waals surface area contributed by atoms with E-state index >= 15 is 0 Å². The summed E-state index contributed by atoms with van der Waals surface area (Å²) in [4.78, 5) is 25.6. The molecule has 0 saturated heterocycles. The van der Waals surface area contributed by atoms with Gasteiger partial charge in [-0.3, -0.25) is 9.59 Å². The Kier molecular flexibility index (Phi) is 4.72. The molecule has 0 bridgehead atoms. The summed E-state index contributed by atoms with van der Waals surface area (Å²) in [5, 5.41) is 0. The van der Waals surface area contributed by atoms with Gasteiger partial charge in [-0.15, -0.1) is 0 Å². The lowest BCUT2D eigenvalue weighted by molar-refractivity contribution is -0.138. The number of amides is 2. The Morgan fingerprint density at radius 3 is 1.77 bits per heavy atom. The summed E-state index contributed by atoms with van der Waals surface area (Å²) >= 11 is 0. The fraction of sp³-hybridized carbons (Fsp3) is 0.0476. The number of alkyl halides is 3. The second-order valence-corrected chi connectivity index (χ2v) is 6.47. The van der Waals surface area contributed by atoms with Gasteiger partial charge in [-0.2, -0.15) is 13.2 Å². The van der Waals surface area contributed by atoms with E-state index in [1.165, 1.54) is 12.1 Å². The number of hydrogen-bond donors (Lipinski definition) is 0. The van der Waals surface area contributed by atoms with Crippen molar-refractivity contribution < 1.29 is 40.7 Å². The molecule has 0 fully saturated rings. The highest BCUT2D eigenvalue weighted by molar-refractivity contribution is 6.34. The van der Waals surface area contributed by atoms with Crippen LogP contribution in [0.1, 0.15) is 26.3 Å². The van der Waals surface area contributed by atoms with Gasteiger partial charge in [-0.05, 0) is 36.4 Å². The monoisotopic (exact) mass is 437 g/mol. The zero-order valence-corrected chi connectivity index (χ0v) is 15.1. The summed E-state index contributed by atoms with van der Waals surface area (Å²) in [6.07, 6.45) is -4.99. The lowest BCUT2D eigenvalue weighted by atomic mass is 10.1. The molecule has 158 valence electrons. The summed E-state index contributed by atoms with van der Waals surface area (Å²) in [5.74, 6) is -7.90. The first-order valence-electron chi connectivity index (χ1n) is 8.59. The molecule has 0 atom stereocenters. The Morgan fingerprint density at radius 2 is 1.29 bits per heavy atom. The zero-order chi connectivity index (χ0) is 22.5. The third-order valence-electron chi connectivity index (χ3n) is 4.51. The van der Waals surface area contributed by atoms with Crippen LogP contribution in [-0.4, -0.2) is 11.8 Å². The molecule has 0 aliphatic carbocycles. The minimum Gasteiger partial charge on any atom is -0.448 e. The van der Waals surface area contributed by atoms with Gasteiger partial charge in [-0.1, -0.05) is 12.1 Å². The van der Waals surface area contributed by atoms with Gasteiger partial charge in [0.15, 0.2) is 29.0 Å². The Balaban J connectivity index is 1.64. The first kappa shape index (κ1) is 20.5. The van der Waals surface area contributed by atoms with Crippen molar-refractivity contribution in [3.8, 4) is 11.5 Å². The van der Waals surface area contributed by atoms with E-state index in [4.69, 9.17) is 4.74 Å². The number of benzene rings is 3. The van der Waals surface area contributed by atoms with Gasteiger partial charge < -0.3 is 4.74 Å². The summed E-state index contributed by atoms with van der Waals surface area (Å²) in [7, 11) is 0. The lowest BCUT2D eigenvalue weighted by Crippen LogP contribution is -2.29. The second-order valence-electron chi connectivity index (χ2n) is 6.47. The molecule has 31 heavy (non-hydrogen) atoms. The van der Waals surface area contributed by atoms with Gasteiger partial charge in [0.25, 0.3) is 11.8 Å². The van der Waals surface area contributed by atoms with E-state index in [1.807, 2.05) is 0 Å². The van der Waals surface area contributed by atoms with Crippen molar-refractivity contribution in [1.82, 2.24) is 0 Å². The van der Waals surface area contributed by atoms with Gasteiger partial charge in [0.2, 0.25) is 0 Å². The van der Waals surface area contributed by atoms with E-state index < -0.39 is 52.5 Å². The van der Waals surface area contributed by atoms with E-state index in [9.17, 15) is 35.9 Å². The molecule has 0 spiro atoms. The molecule has 0 radical (unpaired) electrons. The van der Waals surface area contributed by atoms with E-state index in [0.717, 1.165) is 23.1 Å². The third-order valence-corrected chi connectivity index (χ3v) is 4.51. The highest BCUT2D eigenvalue weighted by Gasteiger charge is 2.37. The number of halogens is 6. The van der Waals surface area contributed by atoms with E-state index in [1.54, 1.807) is 12.1 Å². The van der Waals surface area contributed by atoms with Gasteiger partial charge in [0, 0.05) is 6.07 Å². The molecule has 3 aromatic rings. The topological polar surface area (TPSA) is 46.6 Å². The number of rotatable bonds is 3. The molecule has 1 aliphatic rings. The highest BCUT2D eigenvalue weighted by atomic mass is 19.4. The van der Waals surface area contributed by atoms with E-state index in [0.29, 0.717) is 0 Å². The molecule has 4 rings (SSSR count). The predicted octanol–water partition coefficient (Wildman–Crippen LogP) is 5.72. The predicted molar refractivity (Wildman–Crippen MR) is 95.4 cm³/mol. The molecule has 2 amide bonds. The van der Waals surface area contributed by atoms with Crippen LogP contribution in [0.3, 0.4) is 0 Å². The smallest absolute Gasteiger partial charge is 0.416 e. The van der Waals surface area contributed by atoms with Crippen molar-refractivity contribution in [2.45, 2.75) is 6.18 Å². The van der Waals surface area contributed by atoms with E-state index in [2.05, 4.69) is 0 Å². The second kappa shape index (κ2) is 7.15. The van der Waals surface area contributed by atoms with Crippen LogP contribution in [0, 0.1) is 17.5 Å². The molecule has 0 saturated carbocycles. The average Bonchev–Trinajstić information content (AvgIpc) is 2.96. The van der Waals surface area contributed by atoms with Crippen molar-refractivity contribution in [2.24, 2.45) is 0 Å². The Labute approximate surface area is 170 Å². The van der Waals surface area contributed by atoms with Crippen LogP contribution in [0.4, 0.5) is 32.0 Å². The molecular formula is C21H9F6NO3. The van der Waals surface area contributed by atoms with Crippen LogP contribution < -0.4 is 9.64 Å². The summed E-state index contributed by atoms with van der Waals surface area (Å²) in [6, 6.07) is 8.73. The molecule has 0 aromatic heterocycles. The maximum Gasteiger partial charge on any atom is 0.416 e. The zero-order valence-electron chi connectivity index (χ0n) is 15.1. The molecule has 0 unspecified atom stereocenters. The molecule has 4 nitrogen and oxygen atoms in total. The standard InChI is InChI=1S/C21H9F6NO3/c22-14-9-11(28-19(29)12-3-1-2-4-13(12)20(28)30)5-6-17(14)31-18-15(23)7-10(8-16(18)24)21(25,26)27/h1-9H. The van der Waals surface area contributed by atoms with Crippen LogP contribution in [0.5, 0.6) is 11.5 Å². The van der Waals surface area contributed by atoms with Gasteiger partial charge >= 0.3 is 6.18 Å². The van der Waals surface area contributed by atoms with Crippen molar-refractivity contribution in [3.63, 3.8) is 0 Å². The Morgan fingerprint density at radius 1 is 0.742 bits per heavy atom. The average molecular weight is 437 g/mol. The van der Waals surface area contributed by atoms with Crippen LogP contribution in [-0.2, 0) is 6.18 Å². The van der Waals surface area contributed by atoms with Crippen LogP contribution >= 0.6 is 0 Å². The van der Waals surface area contributed by atoms with Crippen LogP contribution in [0.2, 0.25) is 0 Å². The number of carbonyl (C=O) groups is 2. The fourth-order valence-corrected chi connectivity index (χ4v) is 3.07. The number of carbonyl (C=O) groups excluding carboxylic acids is 2. The number of ether oxygens (including phenoxy) is 1. The molecule has 0 N–H and O–H groups in total. The summed E-state index contributed by atoms with van der Waals surface area (Å²) in [5.41, 5.74) is -1.48. The summed E-state index contributed by atoms with van der Waals surface area (Å²) in [6.45, 7) is 0. The molecular weight excluding hydrogens is 428 g/mol. The first-order chi connectivity index (χ1) is 14.6.